The highest BCUT2D eigenvalue weighted by Gasteiger charge is 2.09. The molecule has 2 aromatic carbocycles. The van der Waals surface area contributed by atoms with Gasteiger partial charge in [0, 0.05) is 11.6 Å². The van der Waals surface area contributed by atoms with E-state index in [4.69, 9.17) is 10.5 Å². The van der Waals surface area contributed by atoms with E-state index in [0.717, 1.165) is 6.08 Å². The van der Waals surface area contributed by atoms with Gasteiger partial charge in [-0.15, -0.1) is 0 Å². The zero-order chi connectivity index (χ0) is 17.5. The van der Waals surface area contributed by atoms with Crippen LogP contribution in [0.5, 0.6) is 5.75 Å². The lowest BCUT2D eigenvalue weighted by Crippen LogP contribution is -2.07. The van der Waals surface area contributed by atoms with E-state index in [1.807, 2.05) is 6.07 Å². The van der Waals surface area contributed by atoms with Gasteiger partial charge in [-0.25, -0.2) is 0 Å². The summed E-state index contributed by atoms with van der Waals surface area (Å²) in [6.07, 6.45) is 4.02. The second kappa shape index (κ2) is 7.78. The van der Waals surface area contributed by atoms with Gasteiger partial charge >= 0.3 is 0 Å². The lowest BCUT2D eigenvalue weighted by Gasteiger charge is -2.08. The predicted molar refractivity (Wildman–Crippen MR) is 92.6 cm³/mol. The van der Waals surface area contributed by atoms with Crippen molar-refractivity contribution in [2.45, 2.75) is 0 Å². The van der Waals surface area contributed by atoms with Crippen LogP contribution in [-0.2, 0) is 4.79 Å². The van der Waals surface area contributed by atoms with Gasteiger partial charge < -0.3 is 15.6 Å². The summed E-state index contributed by atoms with van der Waals surface area (Å²) < 4.78 is 5.21. The van der Waals surface area contributed by atoms with Gasteiger partial charge in [-0.2, -0.15) is 0 Å². The standard InChI is InChI=1S/C19H17NO4/c1-24-18-11-13(7-9-15(18)17(22)12-19(20)23)8-10-16(21)14-5-3-2-4-6-14/h2-12,22H,1H3,(H2,20,23). The van der Waals surface area contributed by atoms with Gasteiger partial charge in [0.05, 0.1) is 12.7 Å². The molecule has 5 nitrogen and oxygen atoms in total. The van der Waals surface area contributed by atoms with Crippen LogP contribution in [0.2, 0.25) is 0 Å². The molecule has 0 aromatic heterocycles. The first kappa shape index (κ1) is 17.0. The van der Waals surface area contributed by atoms with Crippen LogP contribution in [0.15, 0.2) is 60.7 Å². The highest BCUT2D eigenvalue weighted by atomic mass is 16.5. The minimum Gasteiger partial charge on any atom is -0.507 e. The molecule has 24 heavy (non-hydrogen) atoms. The number of allylic oxidation sites excluding steroid dienone is 1. The Bertz CT molecular complexity index is 807. The van der Waals surface area contributed by atoms with Gasteiger partial charge in [-0.1, -0.05) is 42.5 Å². The summed E-state index contributed by atoms with van der Waals surface area (Å²) in [5.74, 6) is -0.795. The van der Waals surface area contributed by atoms with E-state index in [1.165, 1.54) is 13.2 Å². The number of hydrogen-bond donors (Lipinski definition) is 2. The summed E-state index contributed by atoms with van der Waals surface area (Å²) in [5.41, 5.74) is 6.67. The lowest BCUT2D eigenvalue weighted by molar-refractivity contribution is -0.113. The fourth-order valence-electron chi connectivity index (χ4n) is 2.11. The van der Waals surface area contributed by atoms with Crippen molar-refractivity contribution >= 4 is 23.5 Å². The summed E-state index contributed by atoms with van der Waals surface area (Å²) in [5, 5.41) is 9.87. The van der Waals surface area contributed by atoms with Crippen LogP contribution in [-0.4, -0.2) is 23.9 Å². The van der Waals surface area contributed by atoms with Crippen LogP contribution in [0, 0.1) is 0 Å². The largest absolute Gasteiger partial charge is 0.507 e. The topological polar surface area (TPSA) is 89.6 Å². The molecule has 0 bridgehead atoms. The second-order valence-electron chi connectivity index (χ2n) is 4.96. The van der Waals surface area contributed by atoms with Crippen LogP contribution < -0.4 is 10.5 Å². The van der Waals surface area contributed by atoms with Crippen LogP contribution in [0.3, 0.4) is 0 Å². The number of ketones is 1. The Morgan fingerprint density at radius 2 is 1.83 bits per heavy atom. The van der Waals surface area contributed by atoms with Crippen LogP contribution in [0.25, 0.3) is 11.8 Å². The molecule has 0 heterocycles. The molecular weight excluding hydrogens is 306 g/mol. The average molecular weight is 323 g/mol. The number of amides is 1. The molecule has 2 rings (SSSR count). The summed E-state index contributed by atoms with van der Waals surface area (Å²) in [4.78, 5) is 22.9. The van der Waals surface area contributed by atoms with Crippen molar-refractivity contribution in [2.24, 2.45) is 5.73 Å². The molecule has 5 heteroatoms. The van der Waals surface area contributed by atoms with E-state index < -0.39 is 5.91 Å². The number of carbonyl (C=O) groups excluding carboxylic acids is 2. The molecule has 0 unspecified atom stereocenters. The number of carbonyl (C=O) groups is 2. The Morgan fingerprint density at radius 3 is 2.46 bits per heavy atom. The van der Waals surface area contributed by atoms with E-state index in [9.17, 15) is 14.7 Å². The number of rotatable bonds is 6. The van der Waals surface area contributed by atoms with Crippen molar-refractivity contribution in [1.29, 1.82) is 0 Å². The maximum Gasteiger partial charge on any atom is 0.245 e. The third-order valence-electron chi connectivity index (χ3n) is 3.27. The van der Waals surface area contributed by atoms with Crippen LogP contribution >= 0.6 is 0 Å². The maximum absolute atomic E-state index is 12.1. The number of hydrogen-bond acceptors (Lipinski definition) is 4. The first-order valence-electron chi connectivity index (χ1n) is 7.17. The Kier molecular flexibility index (Phi) is 5.52. The number of methoxy groups -OCH3 is 1. The van der Waals surface area contributed by atoms with Gasteiger partial charge in [0.15, 0.2) is 5.78 Å². The molecule has 0 radical (unpaired) electrons. The molecule has 0 fully saturated rings. The van der Waals surface area contributed by atoms with Gasteiger partial charge in [-0.3, -0.25) is 9.59 Å². The molecule has 2 aromatic rings. The number of benzene rings is 2. The molecule has 0 spiro atoms. The van der Waals surface area contributed by atoms with Crippen LogP contribution in [0.4, 0.5) is 0 Å². The number of nitrogens with two attached hydrogens (primary N) is 1. The summed E-state index contributed by atoms with van der Waals surface area (Å²) in [6, 6.07) is 13.8. The van der Waals surface area contributed by atoms with E-state index >= 15 is 0 Å². The number of ether oxygens (including phenoxy) is 1. The smallest absolute Gasteiger partial charge is 0.245 e. The van der Waals surface area contributed by atoms with Crippen molar-refractivity contribution in [1.82, 2.24) is 0 Å². The van der Waals surface area contributed by atoms with Crippen LogP contribution in [0.1, 0.15) is 21.5 Å². The molecule has 0 saturated carbocycles. The molecule has 1 amide bonds. The quantitative estimate of drug-likeness (QED) is 0.486. The Balaban J connectivity index is 2.25. The number of aliphatic hydroxyl groups is 1. The van der Waals surface area contributed by atoms with Gasteiger partial charge in [0.1, 0.15) is 11.5 Å². The molecule has 0 atom stereocenters. The van der Waals surface area contributed by atoms with Crippen molar-refractivity contribution in [3.8, 4) is 5.75 Å². The van der Waals surface area contributed by atoms with Crippen molar-refractivity contribution in [2.75, 3.05) is 7.11 Å². The van der Waals surface area contributed by atoms with E-state index in [0.29, 0.717) is 22.4 Å². The zero-order valence-electron chi connectivity index (χ0n) is 13.1. The first-order valence-corrected chi connectivity index (χ1v) is 7.17. The fraction of sp³-hybridized carbons (Fsp3) is 0.0526. The number of primary amides is 1. The Labute approximate surface area is 139 Å². The predicted octanol–water partition coefficient (Wildman–Crippen LogP) is 2.98. The minimum absolute atomic E-state index is 0.116. The summed E-state index contributed by atoms with van der Waals surface area (Å²) >= 11 is 0. The highest BCUT2D eigenvalue weighted by molar-refractivity contribution is 6.06. The van der Waals surface area contributed by atoms with Gasteiger partial charge in [0.25, 0.3) is 0 Å². The van der Waals surface area contributed by atoms with E-state index in [2.05, 4.69) is 0 Å². The van der Waals surface area contributed by atoms with Crippen molar-refractivity contribution < 1.29 is 19.4 Å². The van der Waals surface area contributed by atoms with E-state index in [1.54, 1.807) is 48.5 Å². The fourth-order valence-corrected chi connectivity index (χ4v) is 2.11. The highest BCUT2D eigenvalue weighted by Crippen LogP contribution is 2.26. The maximum atomic E-state index is 12.1. The second-order valence-corrected chi connectivity index (χ2v) is 4.96. The molecular formula is C19H17NO4. The molecule has 0 aliphatic rings. The first-order chi connectivity index (χ1) is 11.5. The van der Waals surface area contributed by atoms with Gasteiger partial charge in [-0.05, 0) is 23.8 Å². The molecule has 0 saturated heterocycles. The lowest BCUT2D eigenvalue weighted by atomic mass is 10.1. The zero-order valence-corrected chi connectivity index (χ0v) is 13.1. The van der Waals surface area contributed by atoms with Crippen molar-refractivity contribution in [3.05, 3.63) is 77.4 Å². The Morgan fingerprint density at radius 1 is 1.12 bits per heavy atom. The molecule has 0 aliphatic heterocycles. The SMILES string of the molecule is COc1cc(C=CC(=O)c2ccccc2)ccc1C(O)=CC(N)=O. The average Bonchev–Trinajstić information content (AvgIpc) is 2.59. The third kappa shape index (κ3) is 4.33. The Hall–Kier alpha value is -3.34. The van der Waals surface area contributed by atoms with Gasteiger partial charge in [0.2, 0.25) is 5.91 Å². The monoisotopic (exact) mass is 323 g/mol. The normalized spacial score (nSPS) is 11.5. The van der Waals surface area contributed by atoms with E-state index in [-0.39, 0.29) is 11.5 Å². The molecule has 3 N–H and O–H groups in total. The molecule has 122 valence electrons. The summed E-state index contributed by atoms with van der Waals surface area (Å²) in [6.45, 7) is 0. The van der Waals surface area contributed by atoms with Crippen molar-refractivity contribution in [3.63, 3.8) is 0 Å². The molecule has 0 aliphatic carbocycles. The minimum atomic E-state index is -0.757. The number of aliphatic hydroxyl groups excluding tert-OH is 1. The third-order valence-corrected chi connectivity index (χ3v) is 3.27. The summed E-state index contributed by atoms with van der Waals surface area (Å²) in [7, 11) is 1.44.